The molecule has 0 aliphatic carbocycles. The van der Waals surface area contributed by atoms with Crippen molar-refractivity contribution in [3.8, 4) is 23.8 Å². The van der Waals surface area contributed by atoms with Crippen molar-refractivity contribution in [1.82, 2.24) is 5.43 Å². The zero-order chi connectivity index (χ0) is 22.8. The Morgan fingerprint density at radius 2 is 1.78 bits per heavy atom. The van der Waals surface area contributed by atoms with Crippen LogP contribution in [0.1, 0.15) is 18.4 Å². The Kier molecular flexibility index (Phi) is 7.82. The monoisotopic (exact) mass is 429 g/mol. The van der Waals surface area contributed by atoms with E-state index in [0.717, 1.165) is 10.8 Å². The molecule has 2 N–H and O–H groups in total. The van der Waals surface area contributed by atoms with Crippen molar-refractivity contribution in [1.29, 1.82) is 0 Å². The van der Waals surface area contributed by atoms with Crippen molar-refractivity contribution in [2.45, 2.75) is 12.8 Å². The molecule has 32 heavy (non-hydrogen) atoms. The van der Waals surface area contributed by atoms with Crippen molar-refractivity contribution in [3.63, 3.8) is 0 Å². The Hall–Kier alpha value is -4.31. The van der Waals surface area contributed by atoms with Gasteiger partial charge in [-0.2, -0.15) is 5.10 Å². The highest BCUT2D eigenvalue weighted by Crippen LogP contribution is 2.26. The molecule has 3 aromatic carbocycles. The van der Waals surface area contributed by atoms with Crippen LogP contribution in [-0.2, 0) is 9.59 Å². The summed E-state index contributed by atoms with van der Waals surface area (Å²) in [6.07, 6.45) is 6.83. The number of benzene rings is 3. The minimum absolute atomic E-state index is 0.00465. The van der Waals surface area contributed by atoms with Crippen LogP contribution >= 0.6 is 0 Å². The molecule has 7 heteroatoms. The number of anilines is 1. The summed E-state index contributed by atoms with van der Waals surface area (Å²) in [6.45, 7) is 0.120. The maximum atomic E-state index is 12.1. The third-order valence-corrected chi connectivity index (χ3v) is 4.58. The van der Waals surface area contributed by atoms with Crippen LogP contribution in [0, 0.1) is 12.3 Å². The Bertz CT molecular complexity index is 1160. The smallest absolute Gasteiger partial charge is 0.240 e. The third kappa shape index (κ3) is 6.09. The Morgan fingerprint density at radius 3 is 2.53 bits per heavy atom. The largest absolute Gasteiger partial charge is 0.497 e. The van der Waals surface area contributed by atoms with Gasteiger partial charge in [0.2, 0.25) is 11.8 Å². The van der Waals surface area contributed by atoms with E-state index >= 15 is 0 Å². The quantitative estimate of drug-likeness (QED) is 0.308. The summed E-state index contributed by atoms with van der Waals surface area (Å²) in [4.78, 5) is 24.2. The molecule has 162 valence electrons. The number of carbonyl (C=O) groups excluding carboxylic acids is 2. The average Bonchev–Trinajstić information content (AvgIpc) is 2.82. The summed E-state index contributed by atoms with van der Waals surface area (Å²) in [5, 5.41) is 8.69. The number of methoxy groups -OCH3 is 1. The molecular formula is C25H23N3O4. The van der Waals surface area contributed by atoms with E-state index in [-0.39, 0.29) is 31.3 Å². The van der Waals surface area contributed by atoms with Crippen LogP contribution in [0.2, 0.25) is 0 Å². The van der Waals surface area contributed by atoms with E-state index in [1.807, 2.05) is 36.4 Å². The van der Waals surface area contributed by atoms with Gasteiger partial charge < -0.3 is 14.8 Å². The highest BCUT2D eigenvalue weighted by Gasteiger charge is 2.09. The van der Waals surface area contributed by atoms with E-state index in [4.69, 9.17) is 15.9 Å². The highest BCUT2D eigenvalue weighted by molar-refractivity contribution is 6.02. The number of hydrogen-bond donors (Lipinski definition) is 2. The van der Waals surface area contributed by atoms with Crippen LogP contribution in [0.25, 0.3) is 10.8 Å². The molecule has 0 saturated heterocycles. The molecule has 0 unspecified atom stereocenters. The van der Waals surface area contributed by atoms with Crippen molar-refractivity contribution in [2.24, 2.45) is 5.10 Å². The normalized spacial score (nSPS) is 10.5. The second-order valence-electron chi connectivity index (χ2n) is 6.76. The zero-order valence-corrected chi connectivity index (χ0v) is 17.6. The Balaban J connectivity index is 1.57. The first kappa shape index (κ1) is 22.4. The molecule has 3 rings (SSSR count). The fraction of sp³-hybridized carbons (Fsp3) is 0.160. The molecule has 0 saturated carbocycles. The molecule has 0 aliphatic rings. The van der Waals surface area contributed by atoms with E-state index in [9.17, 15) is 9.59 Å². The van der Waals surface area contributed by atoms with Crippen LogP contribution in [-0.4, -0.2) is 31.7 Å². The summed E-state index contributed by atoms with van der Waals surface area (Å²) < 4.78 is 10.7. The van der Waals surface area contributed by atoms with Crippen molar-refractivity contribution < 1.29 is 19.1 Å². The predicted octanol–water partition coefficient (Wildman–Crippen LogP) is 3.73. The molecule has 7 nitrogen and oxygen atoms in total. The molecule has 0 atom stereocenters. The minimum atomic E-state index is -0.377. The first-order valence-corrected chi connectivity index (χ1v) is 9.94. The average molecular weight is 429 g/mol. The number of amides is 2. The van der Waals surface area contributed by atoms with E-state index in [1.54, 1.807) is 31.4 Å². The maximum absolute atomic E-state index is 12.1. The number of fused-ring (bicyclic) bond motifs is 1. The number of ether oxygens (including phenoxy) is 2. The van der Waals surface area contributed by atoms with Crippen LogP contribution in [0.15, 0.2) is 65.8 Å². The third-order valence-electron chi connectivity index (χ3n) is 4.58. The molecular weight excluding hydrogens is 406 g/mol. The van der Waals surface area contributed by atoms with Crippen LogP contribution < -0.4 is 20.2 Å². The van der Waals surface area contributed by atoms with Crippen molar-refractivity contribution in [2.75, 3.05) is 19.0 Å². The second-order valence-corrected chi connectivity index (χ2v) is 6.76. The lowest BCUT2D eigenvalue weighted by Crippen LogP contribution is -2.20. The molecule has 0 fully saturated rings. The summed E-state index contributed by atoms with van der Waals surface area (Å²) in [7, 11) is 1.57. The zero-order valence-electron chi connectivity index (χ0n) is 17.6. The van der Waals surface area contributed by atoms with Gasteiger partial charge in [0.1, 0.15) is 18.1 Å². The van der Waals surface area contributed by atoms with E-state index in [1.165, 1.54) is 6.21 Å². The molecule has 3 aromatic rings. The molecule has 0 aromatic heterocycles. The van der Waals surface area contributed by atoms with Gasteiger partial charge in [0, 0.05) is 24.1 Å². The van der Waals surface area contributed by atoms with Gasteiger partial charge in [0.15, 0.2) is 0 Å². The Morgan fingerprint density at radius 1 is 1.03 bits per heavy atom. The van der Waals surface area contributed by atoms with Crippen LogP contribution in [0.4, 0.5) is 5.69 Å². The topological polar surface area (TPSA) is 89.0 Å². The fourth-order valence-electron chi connectivity index (χ4n) is 3.00. The highest BCUT2D eigenvalue weighted by atomic mass is 16.5. The van der Waals surface area contributed by atoms with Gasteiger partial charge >= 0.3 is 0 Å². The van der Waals surface area contributed by atoms with Gasteiger partial charge in [0.25, 0.3) is 0 Å². The van der Waals surface area contributed by atoms with Gasteiger partial charge in [-0.1, -0.05) is 36.3 Å². The molecule has 0 spiro atoms. The van der Waals surface area contributed by atoms with E-state index in [0.29, 0.717) is 22.7 Å². The first-order valence-electron chi connectivity index (χ1n) is 9.94. The predicted molar refractivity (Wildman–Crippen MR) is 125 cm³/mol. The van der Waals surface area contributed by atoms with Crippen molar-refractivity contribution in [3.05, 3.63) is 66.2 Å². The summed E-state index contributed by atoms with van der Waals surface area (Å²) in [5.41, 5.74) is 3.79. The standard InChI is InChI=1S/C25H23N3O4/c1-3-16-32-23-13-8-18-6-4-5-7-21(18)22(23)17-26-28-25(30)15-14-24(29)27-19-9-11-20(31-2)12-10-19/h1,4-13,17H,14-16H2,2H3,(H,27,29)(H,28,30). The number of rotatable bonds is 9. The Labute approximate surface area is 186 Å². The first-order chi connectivity index (χ1) is 15.6. The molecule has 0 radical (unpaired) electrons. The number of nitrogens with zero attached hydrogens (tertiary/aromatic N) is 1. The SMILES string of the molecule is C#CCOc1ccc2ccccc2c1C=NNC(=O)CCC(=O)Nc1ccc(OC)cc1. The number of carbonyl (C=O) groups is 2. The fourth-order valence-corrected chi connectivity index (χ4v) is 3.00. The number of hydrogen-bond acceptors (Lipinski definition) is 5. The summed E-state index contributed by atoms with van der Waals surface area (Å²) in [6, 6.07) is 18.4. The van der Waals surface area contributed by atoms with E-state index < -0.39 is 0 Å². The molecule has 0 bridgehead atoms. The van der Waals surface area contributed by atoms with Gasteiger partial charge in [-0.25, -0.2) is 5.43 Å². The number of hydrazone groups is 1. The van der Waals surface area contributed by atoms with Gasteiger partial charge in [-0.15, -0.1) is 6.42 Å². The van der Waals surface area contributed by atoms with Crippen molar-refractivity contribution >= 4 is 34.5 Å². The summed E-state index contributed by atoms with van der Waals surface area (Å²) in [5.74, 6) is 3.05. The second kappa shape index (κ2) is 11.2. The number of nitrogens with one attached hydrogen (secondary N) is 2. The lowest BCUT2D eigenvalue weighted by molar-refractivity contribution is -0.124. The van der Waals surface area contributed by atoms with Gasteiger partial charge in [0.05, 0.1) is 13.3 Å². The molecule has 2 amide bonds. The van der Waals surface area contributed by atoms with Gasteiger partial charge in [-0.3, -0.25) is 9.59 Å². The maximum Gasteiger partial charge on any atom is 0.240 e. The molecule has 0 aliphatic heterocycles. The van der Waals surface area contributed by atoms with Crippen LogP contribution in [0.3, 0.4) is 0 Å². The summed E-state index contributed by atoms with van der Waals surface area (Å²) >= 11 is 0. The van der Waals surface area contributed by atoms with Gasteiger partial charge in [-0.05, 0) is 41.1 Å². The van der Waals surface area contributed by atoms with Crippen LogP contribution in [0.5, 0.6) is 11.5 Å². The van der Waals surface area contributed by atoms with E-state index in [2.05, 4.69) is 21.8 Å². The number of terminal acetylenes is 1. The lowest BCUT2D eigenvalue weighted by Gasteiger charge is -2.10. The minimum Gasteiger partial charge on any atom is -0.497 e. The lowest BCUT2D eigenvalue weighted by atomic mass is 10.0. The molecule has 0 heterocycles.